The molecule has 25 heavy (non-hydrogen) atoms. The standard InChI is InChI=1S/C17H16N6O2/c24-15-16(25)22(17-7-13(8-17)9-17)6-5-21(15)11-12-1-2-14(18-10-12)23-4-3-19-20-23/h1-6,10,13H,7-9,11H2. The Labute approximate surface area is 142 Å². The molecule has 3 saturated carbocycles. The first-order chi connectivity index (χ1) is 12.1. The lowest BCUT2D eigenvalue weighted by atomic mass is 9.49. The summed E-state index contributed by atoms with van der Waals surface area (Å²) in [5, 5.41) is 7.62. The van der Waals surface area contributed by atoms with Crippen LogP contribution in [0.5, 0.6) is 0 Å². The van der Waals surface area contributed by atoms with Crippen LogP contribution >= 0.6 is 0 Å². The van der Waals surface area contributed by atoms with E-state index >= 15 is 0 Å². The first kappa shape index (κ1) is 14.3. The monoisotopic (exact) mass is 336 g/mol. The number of aromatic nitrogens is 6. The summed E-state index contributed by atoms with van der Waals surface area (Å²) in [6, 6.07) is 3.67. The van der Waals surface area contributed by atoms with Crippen LogP contribution in [-0.4, -0.2) is 29.1 Å². The Morgan fingerprint density at radius 3 is 2.52 bits per heavy atom. The van der Waals surface area contributed by atoms with Crippen molar-refractivity contribution in [3.05, 3.63) is 69.4 Å². The van der Waals surface area contributed by atoms with E-state index in [1.54, 1.807) is 46.3 Å². The Kier molecular flexibility index (Phi) is 2.85. The topological polar surface area (TPSA) is 87.6 Å². The van der Waals surface area contributed by atoms with Gasteiger partial charge in [-0.15, -0.1) is 5.10 Å². The van der Waals surface area contributed by atoms with Crippen molar-refractivity contribution in [1.82, 2.24) is 29.1 Å². The highest BCUT2D eigenvalue weighted by Gasteiger charge is 2.58. The van der Waals surface area contributed by atoms with E-state index in [-0.39, 0.29) is 5.54 Å². The second-order valence-electron chi connectivity index (χ2n) is 6.98. The summed E-state index contributed by atoms with van der Waals surface area (Å²) in [4.78, 5) is 29.2. The van der Waals surface area contributed by atoms with Crippen LogP contribution in [0.15, 0.2) is 52.7 Å². The van der Waals surface area contributed by atoms with Crippen LogP contribution in [0, 0.1) is 5.92 Å². The SMILES string of the molecule is O=c1c(=O)n(C23CC(C2)C3)ccn1Cc1ccc(-n2ccnn2)nc1. The summed E-state index contributed by atoms with van der Waals surface area (Å²) < 4.78 is 4.65. The molecule has 0 radical (unpaired) electrons. The van der Waals surface area contributed by atoms with E-state index in [4.69, 9.17) is 0 Å². The number of hydrogen-bond acceptors (Lipinski definition) is 5. The Bertz CT molecular complexity index is 1030. The van der Waals surface area contributed by atoms with Gasteiger partial charge in [0.1, 0.15) is 0 Å². The minimum atomic E-state index is -0.479. The molecule has 0 aliphatic heterocycles. The molecule has 0 spiro atoms. The lowest BCUT2D eigenvalue weighted by Gasteiger charge is -2.62. The third-order valence-corrected chi connectivity index (χ3v) is 5.39. The van der Waals surface area contributed by atoms with Gasteiger partial charge in [0.2, 0.25) is 0 Å². The van der Waals surface area contributed by atoms with Crippen LogP contribution in [0.4, 0.5) is 0 Å². The van der Waals surface area contributed by atoms with Crippen LogP contribution in [0.25, 0.3) is 5.82 Å². The first-order valence-corrected chi connectivity index (χ1v) is 8.29. The Hall–Kier alpha value is -3.03. The van der Waals surface area contributed by atoms with Gasteiger partial charge in [-0.05, 0) is 36.8 Å². The molecule has 126 valence electrons. The highest BCUT2D eigenvalue weighted by molar-refractivity contribution is 5.24. The number of rotatable bonds is 4. The van der Waals surface area contributed by atoms with E-state index in [0.717, 1.165) is 30.7 Å². The highest BCUT2D eigenvalue weighted by atomic mass is 16.2. The van der Waals surface area contributed by atoms with Crippen molar-refractivity contribution < 1.29 is 0 Å². The third-order valence-electron chi connectivity index (χ3n) is 5.39. The van der Waals surface area contributed by atoms with E-state index in [2.05, 4.69) is 15.3 Å². The second kappa shape index (κ2) is 4.98. The van der Waals surface area contributed by atoms with Crippen molar-refractivity contribution in [2.24, 2.45) is 5.92 Å². The molecular formula is C17H16N6O2. The van der Waals surface area contributed by atoms with Crippen LogP contribution in [0.3, 0.4) is 0 Å². The zero-order valence-electron chi connectivity index (χ0n) is 13.4. The molecule has 0 unspecified atom stereocenters. The fourth-order valence-corrected chi connectivity index (χ4v) is 3.91. The zero-order valence-corrected chi connectivity index (χ0v) is 13.4. The van der Waals surface area contributed by atoms with Crippen molar-refractivity contribution >= 4 is 0 Å². The van der Waals surface area contributed by atoms with E-state index in [1.807, 2.05) is 6.07 Å². The summed E-state index contributed by atoms with van der Waals surface area (Å²) in [5.41, 5.74) is -0.130. The van der Waals surface area contributed by atoms with Gasteiger partial charge in [0.25, 0.3) is 0 Å². The average molecular weight is 336 g/mol. The Balaban J connectivity index is 1.42. The molecule has 0 amide bonds. The Morgan fingerprint density at radius 1 is 1.08 bits per heavy atom. The fourth-order valence-electron chi connectivity index (χ4n) is 3.91. The van der Waals surface area contributed by atoms with E-state index in [9.17, 15) is 9.59 Å². The number of pyridine rings is 1. The molecule has 2 bridgehead atoms. The first-order valence-electron chi connectivity index (χ1n) is 8.29. The molecule has 3 aliphatic carbocycles. The largest absolute Gasteiger partial charge is 0.316 e. The molecule has 0 atom stereocenters. The molecule has 3 aromatic heterocycles. The summed E-state index contributed by atoms with van der Waals surface area (Å²) in [5.74, 6) is 1.40. The normalized spacial score (nSPS) is 23.8. The zero-order chi connectivity index (χ0) is 17.0. The van der Waals surface area contributed by atoms with Gasteiger partial charge in [0.05, 0.1) is 18.9 Å². The highest BCUT2D eigenvalue weighted by Crippen LogP contribution is 2.61. The molecular weight excluding hydrogens is 320 g/mol. The molecule has 3 aromatic rings. The van der Waals surface area contributed by atoms with Crippen molar-refractivity contribution in [1.29, 1.82) is 0 Å². The van der Waals surface area contributed by atoms with Gasteiger partial charge in [0, 0.05) is 24.1 Å². The van der Waals surface area contributed by atoms with Crippen LogP contribution in [0.2, 0.25) is 0 Å². The molecule has 0 aromatic carbocycles. The average Bonchev–Trinajstić information content (AvgIpc) is 3.07. The van der Waals surface area contributed by atoms with Crippen LogP contribution in [0.1, 0.15) is 24.8 Å². The van der Waals surface area contributed by atoms with Gasteiger partial charge in [-0.25, -0.2) is 9.67 Å². The maximum atomic E-state index is 12.4. The van der Waals surface area contributed by atoms with E-state index in [0.29, 0.717) is 12.4 Å². The minimum Gasteiger partial charge on any atom is -0.305 e. The third kappa shape index (κ3) is 2.10. The summed E-state index contributed by atoms with van der Waals surface area (Å²) in [6.07, 6.45) is 11.5. The molecule has 8 heteroatoms. The van der Waals surface area contributed by atoms with Crippen molar-refractivity contribution in [2.75, 3.05) is 0 Å². The van der Waals surface area contributed by atoms with Crippen molar-refractivity contribution in [2.45, 2.75) is 31.3 Å². The van der Waals surface area contributed by atoms with Gasteiger partial charge in [-0.1, -0.05) is 11.3 Å². The smallest absolute Gasteiger partial charge is 0.305 e. The molecule has 3 fully saturated rings. The molecule has 0 saturated heterocycles. The van der Waals surface area contributed by atoms with Crippen molar-refractivity contribution in [3.63, 3.8) is 0 Å². The van der Waals surface area contributed by atoms with Crippen LogP contribution < -0.4 is 11.1 Å². The number of hydrogen-bond donors (Lipinski definition) is 0. The quantitative estimate of drug-likeness (QED) is 0.649. The van der Waals surface area contributed by atoms with Gasteiger partial charge in [0.15, 0.2) is 5.82 Å². The van der Waals surface area contributed by atoms with Gasteiger partial charge < -0.3 is 9.13 Å². The molecule has 3 heterocycles. The number of nitrogens with zero attached hydrogens (tertiary/aromatic N) is 6. The predicted molar refractivity (Wildman–Crippen MR) is 88.5 cm³/mol. The molecule has 6 rings (SSSR count). The van der Waals surface area contributed by atoms with Crippen molar-refractivity contribution in [3.8, 4) is 5.82 Å². The van der Waals surface area contributed by atoms with Gasteiger partial charge in [-0.2, -0.15) is 0 Å². The van der Waals surface area contributed by atoms with E-state index < -0.39 is 11.1 Å². The molecule has 3 aliphatic rings. The summed E-state index contributed by atoms with van der Waals surface area (Å²) >= 11 is 0. The predicted octanol–water partition coefficient (Wildman–Crippen LogP) is 0.543. The molecule has 0 N–H and O–H groups in total. The fraction of sp³-hybridized carbons (Fsp3) is 0.353. The minimum absolute atomic E-state index is 0.0684. The van der Waals surface area contributed by atoms with Gasteiger partial charge in [-0.3, -0.25) is 9.59 Å². The van der Waals surface area contributed by atoms with Crippen LogP contribution in [-0.2, 0) is 12.1 Å². The summed E-state index contributed by atoms with van der Waals surface area (Å²) in [7, 11) is 0. The lowest BCUT2D eigenvalue weighted by molar-refractivity contribution is -0.0919. The van der Waals surface area contributed by atoms with Gasteiger partial charge >= 0.3 is 11.1 Å². The maximum absolute atomic E-state index is 12.4. The second-order valence-corrected chi connectivity index (χ2v) is 6.98. The maximum Gasteiger partial charge on any atom is 0.316 e. The summed E-state index contributed by atoms with van der Waals surface area (Å²) in [6.45, 7) is 0.315. The van der Waals surface area contributed by atoms with E-state index in [1.165, 1.54) is 4.57 Å². The molecule has 8 nitrogen and oxygen atoms in total. The lowest BCUT2D eigenvalue weighted by Crippen LogP contribution is -2.64. The Morgan fingerprint density at radius 2 is 1.92 bits per heavy atom.